The first kappa shape index (κ1) is 18.1. The molecule has 0 aliphatic carbocycles. The van der Waals surface area contributed by atoms with Crippen LogP contribution in [0.2, 0.25) is 0 Å². The van der Waals surface area contributed by atoms with Gasteiger partial charge in [0.25, 0.3) is 5.91 Å². The molecule has 3 heterocycles. The Hall–Kier alpha value is -3.28. The van der Waals surface area contributed by atoms with Gasteiger partial charge in [0.05, 0.1) is 16.8 Å². The van der Waals surface area contributed by atoms with Crippen LogP contribution >= 0.6 is 0 Å². The molecule has 2 aromatic heterocycles. The summed E-state index contributed by atoms with van der Waals surface area (Å²) < 4.78 is 5.37. The van der Waals surface area contributed by atoms with Crippen LogP contribution in [0, 0.1) is 0 Å². The molecule has 1 aromatic carbocycles. The van der Waals surface area contributed by atoms with Crippen molar-refractivity contribution in [1.82, 2.24) is 14.9 Å². The van der Waals surface area contributed by atoms with Crippen LogP contribution in [0.3, 0.4) is 0 Å². The summed E-state index contributed by atoms with van der Waals surface area (Å²) >= 11 is 0. The Bertz CT molecular complexity index is 998. The summed E-state index contributed by atoms with van der Waals surface area (Å²) in [6, 6.07) is 12.8. The standard InChI is InChI=1S/C22H21N3O3/c26-21(25-12-4-1-5-13-25)15-28-22(27)18-14-20(16-8-10-23-11-9-16)24-19-7-3-2-6-17(18)19/h2-3,6-11,14H,1,4-5,12-13,15H2. The second-order valence-electron chi connectivity index (χ2n) is 6.83. The maximum Gasteiger partial charge on any atom is 0.339 e. The number of carbonyl (C=O) groups excluding carboxylic acids is 2. The molecule has 0 N–H and O–H groups in total. The summed E-state index contributed by atoms with van der Waals surface area (Å²) in [5, 5.41) is 0.704. The number of benzene rings is 1. The summed E-state index contributed by atoms with van der Waals surface area (Å²) in [6.45, 7) is 1.24. The Morgan fingerprint density at radius 1 is 1.00 bits per heavy atom. The molecule has 1 amide bonds. The highest BCUT2D eigenvalue weighted by atomic mass is 16.5. The number of ether oxygens (including phenoxy) is 1. The van der Waals surface area contributed by atoms with Gasteiger partial charge in [0.1, 0.15) is 0 Å². The van der Waals surface area contributed by atoms with Gasteiger partial charge in [0.15, 0.2) is 6.61 Å². The lowest BCUT2D eigenvalue weighted by atomic mass is 10.0. The minimum atomic E-state index is -0.515. The lowest BCUT2D eigenvalue weighted by molar-refractivity contribution is -0.135. The third-order valence-corrected chi connectivity index (χ3v) is 4.95. The number of piperidine rings is 1. The van der Waals surface area contributed by atoms with E-state index >= 15 is 0 Å². The third kappa shape index (κ3) is 3.86. The number of hydrogen-bond donors (Lipinski definition) is 0. The van der Waals surface area contributed by atoms with Crippen LogP contribution < -0.4 is 0 Å². The zero-order valence-corrected chi connectivity index (χ0v) is 15.5. The van der Waals surface area contributed by atoms with Gasteiger partial charge in [-0.25, -0.2) is 9.78 Å². The van der Waals surface area contributed by atoms with Gasteiger partial charge in [0.2, 0.25) is 0 Å². The van der Waals surface area contributed by atoms with Crippen molar-refractivity contribution in [2.75, 3.05) is 19.7 Å². The number of aromatic nitrogens is 2. The smallest absolute Gasteiger partial charge is 0.339 e. The third-order valence-electron chi connectivity index (χ3n) is 4.95. The Balaban J connectivity index is 1.59. The van der Waals surface area contributed by atoms with Gasteiger partial charge in [-0.1, -0.05) is 18.2 Å². The number of likely N-dealkylation sites (tertiary alicyclic amines) is 1. The molecule has 3 aromatic rings. The molecule has 1 fully saturated rings. The van der Waals surface area contributed by atoms with Gasteiger partial charge < -0.3 is 9.64 Å². The molecule has 0 atom stereocenters. The lowest BCUT2D eigenvalue weighted by Gasteiger charge is -2.26. The molecule has 1 aliphatic heterocycles. The first-order chi connectivity index (χ1) is 13.7. The Labute approximate surface area is 163 Å². The maximum atomic E-state index is 12.8. The number of pyridine rings is 2. The van der Waals surface area contributed by atoms with Crippen molar-refractivity contribution >= 4 is 22.8 Å². The molecule has 6 nitrogen and oxygen atoms in total. The van der Waals surface area contributed by atoms with E-state index < -0.39 is 5.97 Å². The van der Waals surface area contributed by atoms with Crippen LogP contribution in [0.15, 0.2) is 54.9 Å². The first-order valence-corrected chi connectivity index (χ1v) is 9.47. The maximum absolute atomic E-state index is 12.8. The molecule has 28 heavy (non-hydrogen) atoms. The lowest BCUT2D eigenvalue weighted by Crippen LogP contribution is -2.38. The Morgan fingerprint density at radius 2 is 1.75 bits per heavy atom. The van der Waals surface area contributed by atoms with E-state index in [1.54, 1.807) is 23.4 Å². The largest absolute Gasteiger partial charge is 0.452 e. The van der Waals surface area contributed by atoms with E-state index in [1.807, 2.05) is 36.4 Å². The number of nitrogens with zero attached hydrogens (tertiary/aromatic N) is 3. The minimum Gasteiger partial charge on any atom is -0.452 e. The van der Waals surface area contributed by atoms with Crippen molar-refractivity contribution in [3.63, 3.8) is 0 Å². The van der Waals surface area contributed by atoms with Gasteiger partial charge in [-0.05, 0) is 43.5 Å². The average Bonchev–Trinajstić information content (AvgIpc) is 2.77. The number of fused-ring (bicyclic) bond motifs is 1. The number of hydrogen-bond acceptors (Lipinski definition) is 5. The summed E-state index contributed by atoms with van der Waals surface area (Å²) in [7, 11) is 0. The fourth-order valence-electron chi connectivity index (χ4n) is 3.45. The van der Waals surface area contributed by atoms with E-state index in [4.69, 9.17) is 4.74 Å². The Kier molecular flexibility index (Phi) is 5.28. The van der Waals surface area contributed by atoms with E-state index in [2.05, 4.69) is 9.97 Å². The van der Waals surface area contributed by atoms with Crippen molar-refractivity contribution in [2.24, 2.45) is 0 Å². The molecule has 0 spiro atoms. The molecule has 142 valence electrons. The number of carbonyl (C=O) groups is 2. The molecule has 0 saturated carbocycles. The predicted molar refractivity (Wildman–Crippen MR) is 106 cm³/mol. The molecule has 0 bridgehead atoms. The summed E-state index contributed by atoms with van der Waals surface area (Å²) in [5.41, 5.74) is 2.63. The van der Waals surface area contributed by atoms with Crippen LogP contribution in [0.5, 0.6) is 0 Å². The number of para-hydroxylation sites is 1. The predicted octanol–water partition coefficient (Wildman–Crippen LogP) is 3.47. The van der Waals surface area contributed by atoms with Crippen LogP contribution in [0.4, 0.5) is 0 Å². The molecule has 0 radical (unpaired) electrons. The number of esters is 1. The zero-order chi connectivity index (χ0) is 19.3. The topological polar surface area (TPSA) is 72.4 Å². The quantitative estimate of drug-likeness (QED) is 0.653. The molecular weight excluding hydrogens is 354 g/mol. The van der Waals surface area contributed by atoms with Crippen LogP contribution in [0.25, 0.3) is 22.2 Å². The van der Waals surface area contributed by atoms with Gasteiger partial charge in [-0.2, -0.15) is 0 Å². The average molecular weight is 375 g/mol. The fourth-order valence-corrected chi connectivity index (χ4v) is 3.45. The van der Waals surface area contributed by atoms with E-state index in [0.717, 1.165) is 37.9 Å². The van der Waals surface area contributed by atoms with Crippen molar-refractivity contribution in [1.29, 1.82) is 0 Å². The SMILES string of the molecule is O=C(OCC(=O)N1CCCCC1)c1cc(-c2ccncc2)nc2ccccc12. The highest BCUT2D eigenvalue weighted by molar-refractivity contribution is 6.05. The monoisotopic (exact) mass is 375 g/mol. The summed E-state index contributed by atoms with van der Waals surface area (Å²) in [5.74, 6) is -0.653. The molecule has 4 rings (SSSR count). The van der Waals surface area contributed by atoms with Crippen LogP contribution in [0.1, 0.15) is 29.6 Å². The molecule has 6 heteroatoms. The first-order valence-electron chi connectivity index (χ1n) is 9.47. The number of rotatable bonds is 4. The van der Waals surface area contributed by atoms with E-state index in [-0.39, 0.29) is 12.5 Å². The van der Waals surface area contributed by atoms with Crippen LogP contribution in [-0.4, -0.2) is 46.4 Å². The van der Waals surface area contributed by atoms with Gasteiger partial charge in [-0.15, -0.1) is 0 Å². The van der Waals surface area contributed by atoms with Gasteiger partial charge in [0, 0.05) is 36.4 Å². The fraction of sp³-hybridized carbons (Fsp3) is 0.273. The minimum absolute atomic E-state index is 0.138. The highest BCUT2D eigenvalue weighted by Gasteiger charge is 2.20. The van der Waals surface area contributed by atoms with Crippen LogP contribution in [-0.2, 0) is 9.53 Å². The Morgan fingerprint density at radius 3 is 2.54 bits per heavy atom. The highest BCUT2D eigenvalue weighted by Crippen LogP contribution is 2.25. The van der Waals surface area contributed by atoms with Gasteiger partial charge in [-0.3, -0.25) is 9.78 Å². The van der Waals surface area contributed by atoms with E-state index in [0.29, 0.717) is 22.2 Å². The van der Waals surface area contributed by atoms with E-state index in [9.17, 15) is 9.59 Å². The van der Waals surface area contributed by atoms with Crippen molar-refractivity contribution in [3.05, 3.63) is 60.4 Å². The molecular formula is C22H21N3O3. The number of amides is 1. The molecule has 1 saturated heterocycles. The van der Waals surface area contributed by atoms with Crippen molar-refractivity contribution < 1.29 is 14.3 Å². The molecule has 0 unspecified atom stereocenters. The van der Waals surface area contributed by atoms with Gasteiger partial charge >= 0.3 is 5.97 Å². The second-order valence-corrected chi connectivity index (χ2v) is 6.83. The van der Waals surface area contributed by atoms with Crippen molar-refractivity contribution in [3.8, 4) is 11.3 Å². The normalized spacial score (nSPS) is 14.1. The summed E-state index contributed by atoms with van der Waals surface area (Å²) in [4.78, 5) is 35.5. The molecule has 1 aliphatic rings. The van der Waals surface area contributed by atoms with Crippen molar-refractivity contribution in [2.45, 2.75) is 19.3 Å². The second kappa shape index (κ2) is 8.17. The summed E-state index contributed by atoms with van der Waals surface area (Å²) in [6.07, 6.45) is 6.52. The zero-order valence-electron chi connectivity index (χ0n) is 15.5. The van der Waals surface area contributed by atoms with E-state index in [1.165, 1.54) is 0 Å².